The van der Waals surface area contributed by atoms with Crippen LogP contribution in [0.5, 0.6) is 0 Å². The number of carbonyl (C=O) groups is 1. The molecule has 0 saturated heterocycles. The van der Waals surface area contributed by atoms with Crippen LogP contribution in [0.4, 0.5) is 5.95 Å². The first-order chi connectivity index (χ1) is 10.0. The molecule has 3 rings (SSSR count). The molecule has 2 heterocycles. The third-order valence-corrected chi connectivity index (χ3v) is 3.40. The molecule has 0 atom stereocenters. The molecule has 0 aliphatic heterocycles. The summed E-state index contributed by atoms with van der Waals surface area (Å²) in [5, 5.41) is 10.4. The van der Waals surface area contributed by atoms with Crippen molar-refractivity contribution in [3.63, 3.8) is 0 Å². The van der Waals surface area contributed by atoms with Gasteiger partial charge in [0.2, 0.25) is 5.95 Å². The molecular formula is C13H9BrN4O3. The number of aromatic amines is 1. The van der Waals surface area contributed by atoms with Crippen LogP contribution in [0.1, 0.15) is 16.1 Å². The summed E-state index contributed by atoms with van der Waals surface area (Å²) >= 11 is 3.37. The lowest BCUT2D eigenvalue weighted by Crippen LogP contribution is -2.18. The Morgan fingerprint density at radius 1 is 1.43 bits per heavy atom. The first kappa shape index (κ1) is 13.5. The zero-order valence-corrected chi connectivity index (χ0v) is 12.4. The lowest BCUT2D eigenvalue weighted by molar-refractivity contribution is 0.0997. The van der Waals surface area contributed by atoms with E-state index in [1.54, 1.807) is 13.0 Å². The maximum atomic E-state index is 12.2. The highest BCUT2D eigenvalue weighted by Gasteiger charge is 2.18. The van der Waals surface area contributed by atoms with Crippen molar-refractivity contribution in [3.05, 3.63) is 50.5 Å². The second-order valence-electron chi connectivity index (χ2n) is 4.33. The van der Waals surface area contributed by atoms with Gasteiger partial charge in [-0.3, -0.25) is 19.9 Å². The zero-order valence-electron chi connectivity index (χ0n) is 10.8. The Labute approximate surface area is 126 Å². The Morgan fingerprint density at radius 2 is 2.24 bits per heavy atom. The van der Waals surface area contributed by atoms with E-state index in [1.807, 2.05) is 12.1 Å². The second kappa shape index (κ2) is 5.13. The predicted molar refractivity (Wildman–Crippen MR) is 79.3 cm³/mol. The van der Waals surface area contributed by atoms with E-state index in [2.05, 4.69) is 36.4 Å². The van der Waals surface area contributed by atoms with Crippen LogP contribution in [-0.4, -0.2) is 21.1 Å². The monoisotopic (exact) mass is 348 g/mol. The molecule has 0 saturated carbocycles. The summed E-state index contributed by atoms with van der Waals surface area (Å²) < 4.78 is 6.44. The Morgan fingerprint density at radius 3 is 3.00 bits per heavy atom. The molecule has 1 amide bonds. The number of aromatic nitrogens is 3. The van der Waals surface area contributed by atoms with Gasteiger partial charge in [0.15, 0.2) is 5.76 Å². The average Bonchev–Trinajstić information content (AvgIpc) is 2.76. The number of nitrogens with one attached hydrogen (secondary N) is 2. The largest absolute Gasteiger partial charge is 0.451 e. The molecule has 8 heteroatoms. The minimum Gasteiger partial charge on any atom is -0.451 e. The number of nitrogens with zero attached hydrogens (tertiary/aromatic N) is 2. The number of benzene rings is 1. The maximum absolute atomic E-state index is 12.2. The molecule has 21 heavy (non-hydrogen) atoms. The highest BCUT2D eigenvalue weighted by Crippen LogP contribution is 2.28. The molecule has 0 unspecified atom stereocenters. The smallest absolute Gasteiger partial charge is 0.294 e. The molecule has 106 valence electrons. The van der Waals surface area contributed by atoms with Crippen LogP contribution in [0, 0.1) is 6.92 Å². The zero-order chi connectivity index (χ0) is 15.0. The highest BCUT2D eigenvalue weighted by molar-refractivity contribution is 9.10. The maximum Gasteiger partial charge on any atom is 0.294 e. The number of fused-ring (bicyclic) bond motifs is 1. The van der Waals surface area contributed by atoms with Crippen molar-refractivity contribution in [1.29, 1.82) is 0 Å². The number of carbonyl (C=O) groups excluding carboxylic acids is 1. The number of aryl methyl sites for hydroxylation is 1. The Balaban J connectivity index is 1.98. The third kappa shape index (κ3) is 2.57. The second-order valence-corrected chi connectivity index (χ2v) is 5.25. The molecule has 0 aliphatic carbocycles. The van der Waals surface area contributed by atoms with Gasteiger partial charge in [-0.1, -0.05) is 15.9 Å². The third-order valence-electron chi connectivity index (χ3n) is 2.91. The number of rotatable bonds is 2. The molecule has 0 aliphatic rings. The van der Waals surface area contributed by atoms with Gasteiger partial charge in [-0.25, -0.2) is 0 Å². The molecule has 7 nitrogen and oxygen atoms in total. The molecule has 1 aromatic carbocycles. The van der Waals surface area contributed by atoms with Crippen LogP contribution in [-0.2, 0) is 0 Å². The van der Waals surface area contributed by atoms with Crippen molar-refractivity contribution in [3.8, 4) is 0 Å². The molecule has 3 aromatic rings. The topological polar surface area (TPSA) is 101 Å². The van der Waals surface area contributed by atoms with Gasteiger partial charge in [0.05, 0.1) is 0 Å². The first-order valence-corrected chi connectivity index (χ1v) is 6.76. The fourth-order valence-electron chi connectivity index (χ4n) is 1.94. The molecule has 2 aromatic heterocycles. The summed E-state index contributed by atoms with van der Waals surface area (Å²) in [4.78, 5) is 25.7. The quantitative estimate of drug-likeness (QED) is 0.739. The van der Waals surface area contributed by atoms with E-state index in [-0.39, 0.29) is 11.7 Å². The van der Waals surface area contributed by atoms with Crippen molar-refractivity contribution in [2.75, 3.05) is 5.32 Å². The lowest BCUT2D eigenvalue weighted by Gasteiger charge is -2.00. The van der Waals surface area contributed by atoms with E-state index in [4.69, 9.17) is 4.42 Å². The van der Waals surface area contributed by atoms with Crippen LogP contribution < -0.4 is 10.9 Å². The standard InChI is InChI=1S/C13H9BrN4O3/c1-6-8-4-7(14)2-3-9(8)21-11(6)12(20)17-13-16-10(19)5-15-18-13/h2-5H,1H3,(H2,16,17,18,19,20). The van der Waals surface area contributed by atoms with Gasteiger partial charge in [0.25, 0.3) is 11.5 Å². The first-order valence-electron chi connectivity index (χ1n) is 5.96. The lowest BCUT2D eigenvalue weighted by atomic mass is 10.1. The van der Waals surface area contributed by atoms with Gasteiger partial charge in [-0.05, 0) is 25.1 Å². The summed E-state index contributed by atoms with van der Waals surface area (Å²) in [5.74, 6) is -0.376. The van der Waals surface area contributed by atoms with Crippen LogP contribution in [0.15, 0.2) is 38.1 Å². The van der Waals surface area contributed by atoms with E-state index in [0.717, 1.165) is 16.1 Å². The molecule has 0 bridgehead atoms. The predicted octanol–water partition coefficient (Wildman–Crippen LogP) is 2.23. The SMILES string of the molecule is Cc1c(C(=O)Nc2nncc(=O)[nH]2)oc2ccc(Br)cc12. The minimum atomic E-state index is -0.504. The molecule has 2 N–H and O–H groups in total. The van der Waals surface area contributed by atoms with Gasteiger partial charge in [0.1, 0.15) is 11.8 Å². The summed E-state index contributed by atoms with van der Waals surface area (Å²) in [7, 11) is 0. The number of hydrogen-bond donors (Lipinski definition) is 2. The molecular weight excluding hydrogens is 340 g/mol. The van der Waals surface area contributed by atoms with Gasteiger partial charge < -0.3 is 4.42 Å². The fourth-order valence-corrected chi connectivity index (χ4v) is 2.30. The molecule has 0 radical (unpaired) electrons. The van der Waals surface area contributed by atoms with Crippen LogP contribution >= 0.6 is 15.9 Å². The fraction of sp³-hybridized carbons (Fsp3) is 0.0769. The van der Waals surface area contributed by atoms with Crippen molar-refractivity contribution in [2.24, 2.45) is 0 Å². The van der Waals surface area contributed by atoms with Crippen molar-refractivity contribution in [2.45, 2.75) is 6.92 Å². The van der Waals surface area contributed by atoms with Gasteiger partial charge in [0, 0.05) is 15.4 Å². The Kier molecular flexibility index (Phi) is 3.30. The van der Waals surface area contributed by atoms with Crippen LogP contribution in [0.3, 0.4) is 0 Å². The van der Waals surface area contributed by atoms with Gasteiger partial charge >= 0.3 is 0 Å². The summed E-state index contributed by atoms with van der Waals surface area (Å²) in [6, 6.07) is 5.47. The minimum absolute atomic E-state index is 0.0338. The Hall–Kier alpha value is -2.48. The highest BCUT2D eigenvalue weighted by atomic mass is 79.9. The van der Waals surface area contributed by atoms with Crippen LogP contribution in [0.25, 0.3) is 11.0 Å². The number of halogens is 1. The molecule has 0 spiro atoms. The number of hydrogen-bond acceptors (Lipinski definition) is 5. The van der Waals surface area contributed by atoms with E-state index in [9.17, 15) is 9.59 Å². The normalized spacial score (nSPS) is 10.8. The average molecular weight is 349 g/mol. The van der Waals surface area contributed by atoms with E-state index < -0.39 is 11.5 Å². The summed E-state index contributed by atoms with van der Waals surface area (Å²) in [5.41, 5.74) is 0.856. The van der Waals surface area contributed by atoms with Gasteiger partial charge in [-0.15, -0.1) is 10.2 Å². The van der Waals surface area contributed by atoms with Crippen molar-refractivity contribution in [1.82, 2.24) is 15.2 Å². The van der Waals surface area contributed by atoms with E-state index in [0.29, 0.717) is 11.1 Å². The summed E-state index contributed by atoms with van der Waals surface area (Å²) in [6.45, 7) is 1.78. The van der Waals surface area contributed by atoms with Crippen molar-refractivity contribution >= 4 is 38.8 Å². The van der Waals surface area contributed by atoms with Crippen molar-refractivity contribution < 1.29 is 9.21 Å². The summed E-state index contributed by atoms with van der Waals surface area (Å²) in [6.07, 6.45) is 1.01. The van der Waals surface area contributed by atoms with Crippen LogP contribution in [0.2, 0.25) is 0 Å². The number of furan rings is 1. The molecule has 0 fully saturated rings. The number of anilines is 1. The number of amides is 1. The van der Waals surface area contributed by atoms with E-state index >= 15 is 0 Å². The Bertz CT molecular complexity index is 900. The van der Waals surface area contributed by atoms with Gasteiger partial charge in [-0.2, -0.15) is 0 Å². The number of H-pyrrole nitrogens is 1. The van der Waals surface area contributed by atoms with E-state index in [1.165, 1.54) is 0 Å².